The summed E-state index contributed by atoms with van der Waals surface area (Å²) in [4.78, 5) is 11.9. The van der Waals surface area contributed by atoms with E-state index in [0.29, 0.717) is 18.1 Å². The lowest BCUT2D eigenvalue weighted by Gasteiger charge is -2.40. The highest BCUT2D eigenvalue weighted by Crippen LogP contribution is 2.62. The number of hydrogen-bond donors (Lipinski definition) is 1. The van der Waals surface area contributed by atoms with Gasteiger partial charge >= 0.3 is 7.82 Å². The average molecular weight is 747 g/mol. The van der Waals surface area contributed by atoms with Crippen molar-refractivity contribution in [2.45, 2.75) is 155 Å². The summed E-state index contributed by atoms with van der Waals surface area (Å²) in [6.07, 6.45) is 3.03. The van der Waals surface area contributed by atoms with Crippen molar-refractivity contribution in [3.63, 3.8) is 0 Å². The Morgan fingerprint density at radius 1 is 0.685 bits per heavy atom. The number of phosphoric ester groups is 1. The number of benzene rings is 4. The van der Waals surface area contributed by atoms with Gasteiger partial charge < -0.3 is 4.52 Å². The number of hydrogen-bond acceptors (Lipinski definition) is 3. The van der Waals surface area contributed by atoms with Gasteiger partial charge in [0.05, 0.1) is 6.10 Å². The minimum Gasteiger partial charge on any atom is -0.403 e. The van der Waals surface area contributed by atoms with E-state index < -0.39 is 13.9 Å². The lowest BCUT2D eigenvalue weighted by molar-refractivity contribution is 0.107. The van der Waals surface area contributed by atoms with Crippen LogP contribution in [0.1, 0.15) is 164 Å². The van der Waals surface area contributed by atoms with Crippen LogP contribution >= 0.6 is 7.82 Å². The van der Waals surface area contributed by atoms with Gasteiger partial charge in [0, 0.05) is 23.0 Å². The topological polar surface area (TPSA) is 55.8 Å². The Morgan fingerprint density at radius 2 is 1.22 bits per heavy atom. The number of phosphoric acid groups is 1. The van der Waals surface area contributed by atoms with Crippen molar-refractivity contribution in [2.75, 3.05) is 0 Å². The quantitative estimate of drug-likeness (QED) is 0.208. The van der Waals surface area contributed by atoms with E-state index in [9.17, 15) is 9.46 Å². The van der Waals surface area contributed by atoms with Crippen molar-refractivity contribution in [3.05, 3.63) is 122 Å². The molecular weight excluding hydrogens is 684 g/mol. The molecule has 2 aliphatic carbocycles. The zero-order chi connectivity index (χ0) is 39.3. The van der Waals surface area contributed by atoms with Gasteiger partial charge in [-0.3, -0.25) is 9.42 Å². The van der Waals surface area contributed by atoms with Crippen molar-refractivity contribution in [2.24, 2.45) is 5.92 Å². The van der Waals surface area contributed by atoms with E-state index >= 15 is 0 Å². The second-order valence-electron chi connectivity index (χ2n) is 20.9. The predicted molar refractivity (Wildman–Crippen MR) is 224 cm³/mol. The molecule has 0 fully saturated rings. The minimum absolute atomic E-state index is 0.0769. The van der Waals surface area contributed by atoms with E-state index in [1.165, 1.54) is 44.5 Å². The standard InChI is InChI=1S/C49H63O4P/c1-29-18-19-39-31(20-29)26-41(33-23-36(48(8,9)10)28-37(24-33)49(11,12)13)45-43(39)42-38-17-15-14-16-30(38)25-40(44(42)52-54(50,51)53-45)32-21-34(46(2,3)4)27-35(22-32)47(5,6)7/h14-17,21-24,26-29,40,42,44H,18-20,25H2,1-13H3,(H,50,51)/t29?,40?,42-,44?/m1/s1. The molecule has 1 heterocycles. The first-order valence-corrected chi connectivity index (χ1v) is 21.7. The summed E-state index contributed by atoms with van der Waals surface area (Å²) >= 11 is 0. The second kappa shape index (κ2) is 13.2. The van der Waals surface area contributed by atoms with E-state index in [4.69, 9.17) is 9.05 Å². The molecule has 7 rings (SSSR count). The Kier molecular flexibility index (Phi) is 9.56. The van der Waals surface area contributed by atoms with Gasteiger partial charge in [-0.2, -0.15) is 0 Å². The van der Waals surface area contributed by atoms with Crippen molar-refractivity contribution in [3.8, 4) is 16.9 Å². The molecule has 4 unspecified atom stereocenters. The summed E-state index contributed by atoms with van der Waals surface area (Å²) in [7, 11) is -4.59. The zero-order valence-corrected chi connectivity index (χ0v) is 36.0. The van der Waals surface area contributed by atoms with Crippen LogP contribution in [-0.2, 0) is 50.0 Å². The maximum absolute atomic E-state index is 14.6. The van der Waals surface area contributed by atoms with Gasteiger partial charge in [0.2, 0.25) is 0 Å². The molecule has 288 valence electrons. The third kappa shape index (κ3) is 7.40. The Hall–Kier alpha value is -3.17. The summed E-state index contributed by atoms with van der Waals surface area (Å²) in [6, 6.07) is 24.9. The first-order valence-electron chi connectivity index (χ1n) is 20.2. The monoisotopic (exact) mass is 746 g/mol. The van der Waals surface area contributed by atoms with Crippen molar-refractivity contribution < 1.29 is 18.5 Å². The van der Waals surface area contributed by atoms with Crippen molar-refractivity contribution in [1.29, 1.82) is 0 Å². The molecule has 4 aromatic rings. The Balaban J connectivity index is 1.56. The molecule has 1 aliphatic heterocycles. The summed E-state index contributed by atoms with van der Waals surface area (Å²) in [5.41, 5.74) is 13.8. The molecule has 0 aromatic heterocycles. The van der Waals surface area contributed by atoms with Crippen LogP contribution in [-0.4, -0.2) is 11.0 Å². The van der Waals surface area contributed by atoms with Crippen LogP contribution in [0.3, 0.4) is 0 Å². The van der Waals surface area contributed by atoms with Crippen LogP contribution in [0.25, 0.3) is 11.1 Å². The van der Waals surface area contributed by atoms with Gasteiger partial charge in [-0.15, -0.1) is 0 Å². The molecule has 0 spiro atoms. The number of rotatable bonds is 2. The molecule has 0 amide bonds. The van der Waals surface area contributed by atoms with Gasteiger partial charge in [0.25, 0.3) is 0 Å². The van der Waals surface area contributed by atoms with Crippen LogP contribution in [0.4, 0.5) is 0 Å². The summed E-state index contributed by atoms with van der Waals surface area (Å²) < 4.78 is 27.7. The SMILES string of the molecule is CC1CCc2c(cc(-c3cc(C(C)(C)C)cc(C(C)(C)C)c3)c3c2[C@H]2c4ccccc4CC(c4cc(C(C)(C)C)cc(C(C)(C)C)c4)C2OP(=O)(O)O3)C1. The van der Waals surface area contributed by atoms with E-state index in [-0.39, 0.29) is 33.5 Å². The van der Waals surface area contributed by atoms with Gasteiger partial charge in [-0.1, -0.05) is 151 Å². The predicted octanol–water partition coefficient (Wildman–Crippen LogP) is 13.0. The van der Waals surface area contributed by atoms with Crippen LogP contribution < -0.4 is 4.52 Å². The Morgan fingerprint density at radius 3 is 1.78 bits per heavy atom. The molecule has 0 saturated heterocycles. The number of fused-ring (bicyclic) bond motifs is 7. The zero-order valence-electron chi connectivity index (χ0n) is 35.1. The van der Waals surface area contributed by atoms with Gasteiger partial charge in [0.1, 0.15) is 5.75 Å². The van der Waals surface area contributed by atoms with E-state index in [1.807, 2.05) is 0 Å². The molecule has 0 radical (unpaired) electrons. The first-order chi connectivity index (χ1) is 24.9. The van der Waals surface area contributed by atoms with E-state index in [2.05, 4.69) is 157 Å². The largest absolute Gasteiger partial charge is 0.527 e. The molecule has 0 saturated carbocycles. The second-order valence-corrected chi connectivity index (χ2v) is 22.2. The molecule has 5 atom stereocenters. The first kappa shape index (κ1) is 39.1. The van der Waals surface area contributed by atoms with Crippen LogP contribution in [0.2, 0.25) is 0 Å². The summed E-state index contributed by atoms with van der Waals surface area (Å²) in [5, 5.41) is 0. The smallest absolute Gasteiger partial charge is 0.403 e. The normalized spacial score (nSPS) is 24.4. The fourth-order valence-electron chi connectivity index (χ4n) is 8.99. The molecule has 3 aliphatic rings. The minimum atomic E-state index is -4.59. The van der Waals surface area contributed by atoms with E-state index in [1.54, 1.807) is 0 Å². The van der Waals surface area contributed by atoms with Crippen LogP contribution in [0.15, 0.2) is 66.7 Å². The highest BCUT2D eigenvalue weighted by atomic mass is 31.2. The van der Waals surface area contributed by atoms with Crippen LogP contribution in [0.5, 0.6) is 5.75 Å². The molecule has 5 heteroatoms. The van der Waals surface area contributed by atoms with Gasteiger partial charge in [-0.05, 0) is 115 Å². The van der Waals surface area contributed by atoms with Crippen LogP contribution in [0, 0.1) is 5.92 Å². The fourth-order valence-corrected chi connectivity index (χ4v) is 10.0. The van der Waals surface area contributed by atoms with E-state index in [0.717, 1.165) is 41.5 Å². The lowest BCUT2D eigenvalue weighted by atomic mass is 9.66. The highest BCUT2D eigenvalue weighted by molar-refractivity contribution is 7.47. The maximum atomic E-state index is 14.6. The summed E-state index contributed by atoms with van der Waals surface area (Å²) in [5.74, 6) is 0.604. The molecule has 4 nitrogen and oxygen atoms in total. The van der Waals surface area contributed by atoms with Gasteiger partial charge in [-0.25, -0.2) is 4.57 Å². The third-order valence-electron chi connectivity index (χ3n) is 12.4. The molecule has 1 N–H and O–H groups in total. The Bertz CT molecular complexity index is 2080. The molecule has 4 aromatic carbocycles. The highest BCUT2D eigenvalue weighted by Gasteiger charge is 2.50. The maximum Gasteiger partial charge on any atom is 0.527 e. The molecular formula is C49H63O4P. The Labute approximate surface area is 325 Å². The molecule has 54 heavy (non-hydrogen) atoms. The lowest BCUT2D eigenvalue weighted by Crippen LogP contribution is -2.36. The average Bonchev–Trinajstić information content (AvgIpc) is 3.18. The summed E-state index contributed by atoms with van der Waals surface area (Å²) in [6.45, 7) is 29.4. The van der Waals surface area contributed by atoms with Crippen molar-refractivity contribution in [1.82, 2.24) is 0 Å². The van der Waals surface area contributed by atoms with Gasteiger partial charge in [0.15, 0.2) is 0 Å². The third-order valence-corrected chi connectivity index (χ3v) is 13.3. The fraction of sp³-hybridized carbons (Fsp3) is 0.510. The molecule has 0 bridgehead atoms. The van der Waals surface area contributed by atoms with Crippen molar-refractivity contribution >= 4 is 7.82 Å².